The maximum Gasteiger partial charge on any atom is 0.128 e. The lowest BCUT2D eigenvalue weighted by Crippen LogP contribution is -2.48. The van der Waals surface area contributed by atoms with Crippen molar-refractivity contribution >= 4 is 34.7 Å². The third kappa shape index (κ3) is 4.63. The highest BCUT2D eigenvalue weighted by atomic mass is 35.5. The minimum Gasteiger partial charge on any atom is -0.399 e. The fraction of sp³-hybridized carbons (Fsp3) is 0.333. The van der Waals surface area contributed by atoms with Crippen molar-refractivity contribution in [3.63, 3.8) is 0 Å². The van der Waals surface area contributed by atoms with E-state index < -0.39 is 0 Å². The summed E-state index contributed by atoms with van der Waals surface area (Å²) in [6.07, 6.45) is 1.83. The molecule has 0 radical (unpaired) electrons. The lowest BCUT2D eigenvalue weighted by molar-refractivity contribution is 0.209. The highest BCUT2D eigenvalue weighted by Gasteiger charge is 2.21. The first-order valence-electron chi connectivity index (χ1n) is 8.11. The number of pyridine rings is 1. The third-order valence-electron chi connectivity index (χ3n) is 4.16. The SMILES string of the molecule is CO/N=C(\CN1CCN(c2ccccn2)CC1)c1ccc(Cl)cc1Cl. The summed E-state index contributed by atoms with van der Waals surface area (Å²) in [6, 6.07) is 11.4. The van der Waals surface area contributed by atoms with Crippen LogP contribution < -0.4 is 4.90 Å². The first-order chi connectivity index (χ1) is 12.2. The predicted molar refractivity (Wildman–Crippen MR) is 103 cm³/mol. The van der Waals surface area contributed by atoms with Gasteiger partial charge in [-0.25, -0.2) is 4.98 Å². The lowest BCUT2D eigenvalue weighted by Gasteiger charge is -2.35. The van der Waals surface area contributed by atoms with Gasteiger partial charge in [0.25, 0.3) is 0 Å². The minimum absolute atomic E-state index is 0.579. The average Bonchev–Trinajstić information content (AvgIpc) is 2.63. The molecule has 132 valence electrons. The Morgan fingerprint density at radius 2 is 1.96 bits per heavy atom. The van der Waals surface area contributed by atoms with Crippen LogP contribution in [0.25, 0.3) is 0 Å². The van der Waals surface area contributed by atoms with E-state index >= 15 is 0 Å². The van der Waals surface area contributed by atoms with Gasteiger partial charge in [0.2, 0.25) is 0 Å². The summed E-state index contributed by atoms with van der Waals surface area (Å²) in [6.45, 7) is 4.36. The average molecular weight is 379 g/mol. The molecule has 0 saturated carbocycles. The summed E-state index contributed by atoms with van der Waals surface area (Å²) in [4.78, 5) is 14.1. The van der Waals surface area contributed by atoms with E-state index in [0.29, 0.717) is 16.6 Å². The second-order valence-electron chi connectivity index (χ2n) is 5.80. The van der Waals surface area contributed by atoms with Gasteiger partial charge in [-0.15, -0.1) is 0 Å². The van der Waals surface area contributed by atoms with Gasteiger partial charge in [-0.1, -0.05) is 34.4 Å². The van der Waals surface area contributed by atoms with E-state index in [1.54, 1.807) is 13.2 Å². The Balaban J connectivity index is 1.65. The van der Waals surface area contributed by atoms with Crippen LogP contribution in [0.5, 0.6) is 0 Å². The van der Waals surface area contributed by atoms with Gasteiger partial charge in [0, 0.05) is 49.5 Å². The molecule has 1 aromatic heterocycles. The number of hydrogen-bond donors (Lipinski definition) is 0. The van der Waals surface area contributed by atoms with E-state index in [1.165, 1.54) is 0 Å². The van der Waals surface area contributed by atoms with Crippen LogP contribution in [0.3, 0.4) is 0 Å². The van der Waals surface area contributed by atoms with Gasteiger partial charge < -0.3 is 9.74 Å². The van der Waals surface area contributed by atoms with Crippen molar-refractivity contribution in [2.75, 3.05) is 44.7 Å². The zero-order valence-corrected chi connectivity index (χ0v) is 15.5. The molecular formula is C18H20Cl2N4O. The van der Waals surface area contributed by atoms with E-state index in [-0.39, 0.29) is 0 Å². The number of rotatable bonds is 5. The van der Waals surface area contributed by atoms with E-state index in [4.69, 9.17) is 28.0 Å². The molecule has 2 heterocycles. The van der Waals surface area contributed by atoms with Gasteiger partial charge in [0.15, 0.2) is 0 Å². The molecule has 1 aliphatic rings. The first kappa shape index (κ1) is 18.0. The fourth-order valence-electron chi connectivity index (χ4n) is 2.88. The maximum atomic E-state index is 6.33. The number of aromatic nitrogens is 1. The maximum absolute atomic E-state index is 6.33. The Labute approximate surface area is 157 Å². The van der Waals surface area contributed by atoms with Crippen LogP contribution in [0.2, 0.25) is 10.0 Å². The number of benzene rings is 1. The van der Waals surface area contributed by atoms with Crippen LogP contribution in [0, 0.1) is 0 Å². The first-order valence-corrected chi connectivity index (χ1v) is 8.87. The number of hydrogen-bond acceptors (Lipinski definition) is 5. The molecule has 25 heavy (non-hydrogen) atoms. The molecule has 0 atom stereocenters. The van der Waals surface area contributed by atoms with E-state index in [9.17, 15) is 0 Å². The fourth-order valence-corrected chi connectivity index (χ4v) is 3.40. The Kier molecular flexibility index (Phi) is 6.13. The molecule has 0 N–H and O–H groups in total. The highest BCUT2D eigenvalue weighted by molar-refractivity contribution is 6.37. The molecule has 1 aromatic carbocycles. The quantitative estimate of drug-likeness (QED) is 0.589. The molecule has 1 saturated heterocycles. The van der Waals surface area contributed by atoms with Crippen LogP contribution in [0.15, 0.2) is 47.8 Å². The topological polar surface area (TPSA) is 41.0 Å². The van der Waals surface area contributed by atoms with Gasteiger partial charge in [0.05, 0.1) is 5.02 Å². The van der Waals surface area contributed by atoms with Gasteiger partial charge in [-0.2, -0.15) is 0 Å². The normalized spacial score (nSPS) is 16.1. The zero-order chi connectivity index (χ0) is 17.6. The van der Waals surface area contributed by atoms with Crippen LogP contribution in [-0.4, -0.2) is 55.4 Å². The van der Waals surface area contributed by atoms with E-state index in [2.05, 4.69) is 19.9 Å². The van der Waals surface area contributed by atoms with Gasteiger partial charge in [-0.3, -0.25) is 4.90 Å². The summed E-state index contributed by atoms with van der Waals surface area (Å²) in [5.74, 6) is 1.02. The van der Waals surface area contributed by atoms with E-state index in [1.807, 2.05) is 36.5 Å². The summed E-state index contributed by atoms with van der Waals surface area (Å²) < 4.78 is 0. The number of halogens is 2. The second kappa shape index (κ2) is 8.52. The number of anilines is 1. The molecule has 0 amide bonds. The van der Waals surface area contributed by atoms with Crippen molar-refractivity contribution in [2.24, 2.45) is 5.16 Å². The van der Waals surface area contributed by atoms with E-state index in [0.717, 1.165) is 43.3 Å². The Morgan fingerprint density at radius 1 is 1.16 bits per heavy atom. The van der Waals surface area contributed by atoms with Gasteiger partial charge in [0.1, 0.15) is 18.6 Å². The van der Waals surface area contributed by atoms with Crippen molar-refractivity contribution in [2.45, 2.75) is 0 Å². The summed E-state index contributed by atoms with van der Waals surface area (Å²) in [5, 5.41) is 5.36. The van der Waals surface area contributed by atoms with Crippen molar-refractivity contribution in [1.29, 1.82) is 0 Å². The molecule has 3 rings (SSSR count). The molecule has 0 aliphatic carbocycles. The molecule has 0 unspecified atom stereocenters. The number of oxime groups is 1. The number of piperazine rings is 1. The summed E-state index contributed by atoms with van der Waals surface area (Å²) in [7, 11) is 1.54. The monoisotopic (exact) mass is 378 g/mol. The molecule has 7 heteroatoms. The smallest absolute Gasteiger partial charge is 0.128 e. The predicted octanol–water partition coefficient (Wildman–Crippen LogP) is 3.56. The Morgan fingerprint density at radius 3 is 2.60 bits per heavy atom. The van der Waals surface area contributed by atoms with Crippen molar-refractivity contribution < 1.29 is 4.84 Å². The van der Waals surface area contributed by atoms with Crippen molar-refractivity contribution in [3.05, 3.63) is 58.2 Å². The molecule has 2 aromatic rings. The second-order valence-corrected chi connectivity index (χ2v) is 6.64. The van der Waals surface area contributed by atoms with Gasteiger partial charge >= 0.3 is 0 Å². The van der Waals surface area contributed by atoms with Crippen LogP contribution in [0.4, 0.5) is 5.82 Å². The lowest BCUT2D eigenvalue weighted by atomic mass is 10.1. The molecule has 1 fully saturated rings. The molecule has 5 nitrogen and oxygen atoms in total. The standard InChI is InChI=1S/C18H20Cl2N4O/c1-25-22-17(15-6-5-14(19)12-16(15)20)13-23-8-10-24(11-9-23)18-4-2-3-7-21-18/h2-7,12H,8-11,13H2,1H3/b22-17+. The molecule has 1 aliphatic heterocycles. The van der Waals surface area contributed by atoms with Gasteiger partial charge in [-0.05, 0) is 30.3 Å². The molecule has 0 spiro atoms. The minimum atomic E-state index is 0.579. The van der Waals surface area contributed by atoms with Crippen LogP contribution in [-0.2, 0) is 4.84 Å². The van der Waals surface area contributed by atoms with Crippen LogP contribution in [0.1, 0.15) is 5.56 Å². The Bertz CT molecular complexity index is 731. The van der Waals surface area contributed by atoms with Crippen molar-refractivity contribution in [3.8, 4) is 0 Å². The Hall–Kier alpha value is -1.82. The zero-order valence-electron chi connectivity index (χ0n) is 14.0. The summed E-state index contributed by atoms with van der Waals surface area (Å²) in [5.41, 5.74) is 1.65. The third-order valence-corrected chi connectivity index (χ3v) is 4.71. The molecule has 0 bridgehead atoms. The van der Waals surface area contributed by atoms with Crippen molar-refractivity contribution in [1.82, 2.24) is 9.88 Å². The number of nitrogens with zero attached hydrogens (tertiary/aromatic N) is 4. The van der Waals surface area contributed by atoms with Crippen LogP contribution >= 0.6 is 23.2 Å². The highest BCUT2D eigenvalue weighted by Crippen LogP contribution is 2.22. The summed E-state index contributed by atoms with van der Waals surface area (Å²) >= 11 is 12.3. The largest absolute Gasteiger partial charge is 0.399 e. The molecular weight excluding hydrogens is 359 g/mol.